The molecule has 0 bridgehead atoms. The van der Waals surface area contributed by atoms with Crippen molar-refractivity contribution < 1.29 is 22.7 Å². The van der Waals surface area contributed by atoms with Crippen LogP contribution in [0.4, 0.5) is 20.6 Å². The number of thiophene rings is 1. The van der Waals surface area contributed by atoms with Crippen LogP contribution < -0.4 is 20.5 Å². The maximum Gasteiger partial charge on any atom is 0.333 e. The minimum atomic E-state index is -4.24. The fraction of sp³-hybridized carbons (Fsp3) is 0.0952. The monoisotopic (exact) mass is 503 g/mol. The average Bonchev–Trinajstić information content (AvgIpc) is 3.21. The van der Waals surface area contributed by atoms with Gasteiger partial charge in [-0.1, -0.05) is 11.3 Å². The van der Waals surface area contributed by atoms with Crippen LogP contribution in [-0.4, -0.2) is 43.2 Å². The fourth-order valence-corrected chi connectivity index (χ4v) is 5.07. The molecular weight excluding hydrogens is 485 g/mol. The molecule has 0 unspecified atom stereocenters. The lowest BCUT2D eigenvalue weighted by Crippen LogP contribution is -2.34. The van der Waals surface area contributed by atoms with Gasteiger partial charge in [0.15, 0.2) is 5.13 Å². The smallest absolute Gasteiger partial charge is 0.333 e. The first-order chi connectivity index (χ1) is 16.0. The van der Waals surface area contributed by atoms with E-state index in [0.717, 1.165) is 22.4 Å². The van der Waals surface area contributed by atoms with Gasteiger partial charge in [-0.05, 0) is 47.9 Å². The number of carbonyl (C=O) groups is 1. The zero-order valence-corrected chi connectivity index (χ0v) is 19.4. The van der Waals surface area contributed by atoms with E-state index in [1.807, 2.05) is 19.0 Å². The number of benzene rings is 1. The van der Waals surface area contributed by atoms with Crippen LogP contribution in [-0.2, 0) is 10.0 Å². The van der Waals surface area contributed by atoms with E-state index in [-0.39, 0.29) is 21.6 Å². The van der Waals surface area contributed by atoms with Gasteiger partial charge in [0.25, 0.3) is 15.6 Å². The number of amides is 2. The summed E-state index contributed by atoms with van der Waals surface area (Å²) >= 11 is 0.380. The Balaban J connectivity index is 1.56. The number of urea groups is 1. The van der Waals surface area contributed by atoms with E-state index in [4.69, 9.17) is 0 Å². The molecule has 4 rings (SSSR count). The Bertz CT molecular complexity index is 1560. The molecule has 0 aliphatic rings. The van der Waals surface area contributed by atoms with Gasteiger partial charge in [0.05, 0.1) is 11.9 Å². The minimum absolute atomic E-state index is 0.0914. The van der Waals surface area contributed by atoms with Gasteiger partial charge in [-0.25, -0.2) is 27.5 Å². The second-order valence-corrected chi connectivity index (χ2v) is 10.3. The highest BCUT2D eigenvalue weighted by molar-refractivity contribution is 7.92. The Kier molecular flexibility index (Phi) is 5.98. The third kappa shape index (κ3) is 4.56. The second kappa shape index (κ2) is 8.76. The zero-order chi connectivity index (χ0) is 24.6. The maximum absolute atomic E-state index is 13.1. The number of sulfonamides is 1. The predicted molar refractivity (Wildman–Crippen MR) is 127 cm³/mol. The first kappa shape index (κ1) is 23.2. The molecule has 3 heterocycles. The van der Waals surface area contributed by atoms with Gasteiger partial charge < -0.3 is 15.3 Å². The number of pyridine rings is 2. The normalized spacial score (nSPS) is 11.4. The standard InChI is InChI=1S/C21H18FN5O5S2/c1-26(2)14-4-5-15-12(9-14)10-18(28)27(20(15)29)17-7-3-13(11-23-17)24-21(30)25-34(31,32)19-8-6-16(22)33-19/h3-11,29H,1-2H3,(H2,24,25,30). The van der Waals surface area contributed by atoms with Crippen LogP contribution in [0.1, 0.15) is 0 Å². The van der Waals surface area contributed by atoms with Crippen molar-refractivity contribution in [2.24, 2.45) is 0 Å². The molecule has 13 heteroatoms. The van der Waals surface area contributed by atoms with Gasteiger partial charge in [-0.2, -0.15) is 4.39 Å². The molecular formula is C21H18FN5O5S2. The number of carbonyl (C=O) groups excluding carboxylic acids is 1. The van der Waals surface area contributed by atoms with Gasteiger partial charge >= 0.3 is 6.03 Å². The molecule has 0 fully saturated rings. The summed E-state index contributed by atoms with van der Waals surface area (Å²) < 4.78 is 39.7. The van der Waals surface area contributed by atoms with E-state index in [1.54, 1.807) is 22.9 Å². The van der Waals surface area contributed by atoms with E-state index < -0.39 is 26.7 Å². The molecule has 4 aromatic rings. The van der Waals surface area contributed by atoms with Crippen LogP contribution in [0, 0.1) is 5.13 Å². The lowest BCUT2D eigenvalue weighted by Gasteiger charge is -2.15. The number of hydrogen-bond donors (Lipinski definition) is 3. The van der Waals surface area contributed by atoms with Crippen LogP contribution in [0.3, 0.4) is 0 Å². The molecule has 0 radical (unpaired) electrons. The van der Waals surface area contributed by atoms with Crippen molar-refractivity contribution in [2.45, 2.75) is 4.21 Å². The van der Waals surface area contributed by atoms with E-state index in [2.05, 4.69) is 10.3 Å². The molecule has 0 aliphatic carbocycles. The first-order valence-electron chi connectivity index (χ1n) is 9.67. The van der Waals surface area contributed by atoms with Crippen molar-refractivity contribution in [3.8, 4) is 11.7 Å². The summed E-state index contributed by atoms with van der Waals surface area (Å²) in [6, 6.07) is 10.3. The summed E-state index contributed by atoms with van der Waals surface area (Å²) in [5.41, 5.74) is 0.473. The number of hydrogen-bond acceptors (Lipinski definition) is 8. The SMILES string of the molecule is CN(C)c1ccc2c(O)n(-c3ccc(NC(=O)NS(=O)(=O)c4ccc(F)s4)cn3)c(=O)cc2c1. The summed E-state index contributed by atoms with van der Waals surface area (Å²) in [7, 11) is -0.515. The third-order valence-electron chi connectivity index (χ3n) is 4.78. The van der Waals surface area contributed by atoms with Gasteiger partial charge in [0.2, 0.25) is 5.88 Å². The van der Waals surface area contributed by atoms with Crippen molar-refractivity contribution >= 4 is 49.5 Å². The molecule has 0 saturated heterocycles. The van der Waals surface area contributed by atoms with Crippen molar-refractivity contribution in [2.75, 3.05) is 24.3 Å². The Morgan fingerprint density at radius 2 is 1.91 bits per heavy atom. The maximum atomic E-state index is 13.1. The molecule has 34 heavy (non-hydrogen) atoms. The lowest BCUT2D eigenvalue weighted by molar-refractivity contribution is 0.256. The highest BCUT2D eigenvalue weighted by Gasteiger charge is 2.20. The number of anilines is 2. The van der Waals surface area contributed by atoms with Crippen LogP contribution in [0.25, 0.3) is 16.6 Å². The van der Waals surface area contributed by atoms with Crippen LogP contribution in [0.5, 0.6) is 5.88 Å². The van der Waals surface area contributed by atoms with Crippen LogP contribution >= 0.6 is 11.3 Å². The minimum Gasteiger partial charge on any atom is -0.494 e. The highest BCUT2D eigenvalue weighted by atomic mass is 32.2. The molecule has 1 aromatic carbocycles. The van der Waals surface area contributed by atoms with Crippen molar-refractivity contribution in [3.05, 3.63) is 70.2 Å². The Labute approximate surface area is 197 Å². The second-order valence-electron chi connectivity index (χ2n) is 7.33. The Morgan fingerprint density at radius 3 is 2.53 bits per heavy atom. The summed E-state index contributed by atoms with van der Waals surface area (Å²) in [5, 5.41) is 13.3. The lowest BCUT2D eigenvalue weighted by atomic mass is 10.1. The van der Waals surface area contributed by atoms with Gasteiger partial charge in [0, 0.05) is 31.2 Å². The summed E-state index contributed by atoms with van der Waals surface area (Å²) in [5.74, 6) is -0.207. The van der Waals surface area contributed by atoms with Gasteiger partial charge in [-0.15, -0.1) is 0 Å². The molecule has 0 atom stereocenters. The van der Waals surface area contributed by atoms with E-state index in [9.17, 15) is 27.5 Å². The van der Waals surface area contributed by atoms with Crippen molar-refractivity contribution in [1.29, 1.82) is 0 Å². The molecule has 0 aliphatic heterocycles. The summed E-state index contributed by atoms with van der Waals surface area (Å²) in [6.45, 7) is 0. The van der Waals surface area contributed by atoms with Gasteiger partial charge in [-0.3, -0.25) is 4.79 Å². The summed E-state index contributed by atoms with van der Waals surface area (Å²) in [4.78, 5) is 30.7. The molecule has 2 amide bonds. The van der Waals surface area contributed by atoms with E-state index >= 15 is 0 Å². The highest BCUT2D eigenvalue weighted by Crippen LogP contribution is 2.28. The molecule has 0 saturated carbocycles. The quantitative estimate of drug-likeness (QED) is 0.381. The van der Waals surface area contributed by atoms with E-state index in [0.29, 0.717) is 22.1 Å². The Morgan fingerprint density at radius 1 is 1.15 bits per heavy atom. The molecule has 176 valence electrons. The number of fused-ring (bicyclic) bond motifs is 1. The molecule has 0 spiro atoms. The molecule has 3 N–H and O–H groups in total. The largest absolute Gasteiger partial charge is 0.494 e. The number of nitrogens with zero attached hydrogens (tertiary/aromatic N) is 3. The van der Waals surface area contributed by atoms with E-state index in [1.165, 1.54) is 24.4 Å². The van der Waals surface area contributed by atoms with Crippen LogP contribution in [0.2, 0.25) is 0 Å². The first-order valence-corrected chi connectivity index (χ1v) is 12.0. The average molecular weight is 504 g/mol. The summed E-state index contributed by atoms with van der Waals surface area (Å²) in [6.07, 6.45) is 1.19. The zero-order valence-electron chi connectivity index (χ0n) is 17.8. The van der Waals surface area contributed by atoms with Crippen LogP contribution in [0.15, 0.2) is 63.7 Å². The number of rotatable bonds is 5. The fourth-order valence-electron chi connectivity index (χ4n) is 3.16. The topological polar surface area (TPSA) is 134 Å². The molecule has 10 nitrogen and oxygen atoms in total. The van der Waals surface area contributed by atoms with Crippen molar-refractivity contribution in [3.63, 3.8) is 0 Å². The molecule has 3 aromatic heterocycles. The number of aromatic nitrogens is 2. The van der Waals surface area contributed by atoms with Gasteiger partial charge in [0.1, 0.15) is 10.0 Å². The Hall–Kier alpha value is -3.97. The number of halogens is 1. The third-order valence-corrected chi connectivity index (χ3v) is 7.48. The predicted octanol–water partition coefficient (Wildman–Crippen LogP) is 2.87. The number of nitrogens with one attached hydrogen (secondary N) is 2. The number of aromatic hydroxyl groups is 1. The van der Waals surface area contributed by atoms with Crippen molar-refractivity contribution in [1.82, 2.24) is 14.3 Å².